The second kappa shape index (κ2) is 13.4. The number of piperidine rings is 1. The third-order valence-corrected chi connectivity index (χ3v) is 8.97. The second-order valence-corrected chi connectivity index (χ2v) is 13.0. The number of fused-ring (bicyclic) bond motifs is 1. The summed E-state index contributed by atoms with van der Waals surface area (Å²) in [4.78, 5) is 25.6. The van der Waals surface area contributed by atoms with Crippen molar-refractivity contribution in [2.24, 2.45) is 0 Å². The molecule has 1 aliphatic heterocycles. The lowest BCUT2D eigenvalue weighted by molar-refractivity contribution is 0.102. The minimum absolute atomic E-state index is 0.0623. The normalized spacial score (nSPS) is 16.5. The standard InChI is InChI=1S/C33H29F3N6O5S/c1-19-8-9-23-24(10-11-27(36)29(23)41-48(45,46)18-20-5-2-3-7-26(20)35)30(19)47-31-25(6-4-13-37-31)28-12-14-38-32(40-28)39-22-15-21(34)16-42(17-22)33(43)44/h2-14,21-22,41H,15-18H2,1H3,(H,43,44)(H,38,39,40). The van der Waals surface area contributed by atoms with Crippen molar-refractivity contribution in [3.8, 4) is 22.9 Å². The zero-order valence-corrected chi connectivity index (χ0v) is 26.2. The molecule has 2 aromatic heterocycles. The van der Waals surface area contributed by atoms with Gasteiger partial charge in [0.05, 0.1) is 29.2 Å². The number of benzene rings is 3. The van der Waals surface area contributed by atoms with Crippen LogP contribution in [-0.4, -0.2) is 64.8 Å². The van der Waals surface area contributed by atoms with E-state index in [1.807, 2.05) is 0 Å². The van der Waals surface area contributed by atoms with E-state index < -0.39 is 45.7 Å². The molecule has 2 atom stereocenters. The molecule has 0 spiro atoms. The topological polar surface area (TPSA) is 147 Å². The first kappa shape index (κ1) is 32.5. The molecule has 5 aromatic rings. The monoisotopic (exact) mass is 678 g/mol. The van der Waals surface area contributed by atoms with Crippen LogP contribution < -0.4 is 14.8 Å². The van der Waals surface area contributed by atoms with Gasteiger partial charge in [0.1, 0.15) is 23.6 Å². The number of aryl methyl sites for hydroxylation is 1. The van der Waals surface area contributed by atoms with Crippen LogP contribution >= 0.6 is 0 Å². The lowest BCUT2D eigenvalue weighted by Gasteiger charge is -2.33. The molecule has 0 saturated carbocycles. The molecule has 1 amide bonds. The number of carbonyl (C=O) groups is 1. The van der Waals surface area contributed by atoms with Crippen molar-refractivity contribution in [2.45, 2.75) is 31.3 Å². The number of amides is 1. The molecule has 48 heavy (non-hydrogen) atoms. The molecule has 3 aromatic carbocycles. The van der Waals surface area contributed by atoms with E-state index in [-0.39, 0.29) is 53.7 Å². The lowest BCUT2D eigenvalue weighted by Crippen LogP contribution is -2.49. The highest BCUT2D eigenvalue weighted by molar-refractivity contribution is 7.91. The summed E-state index contributed by atoms with van der Waals surface area (Å²) in [6.45, 7) is 1.62. The van der Waals surface area contributed by atoms with Crippen molar-refractivity contribution in [3.63, 3.8) is 0 Å². The third kappa shape index (κ3) is 7.10. The second-order valence-electron chi connectivity index (χ2n) is 11.3. The quantitative estimate of drug-likeness (QED) is 0.159. The van der Waals surface area contributed by atoms with Crippen LogP contribution in [-0.2, 0) is 15.8 Å². The summed E-state index contributed by atoms with van der Waals surface area (Å²) in [5, 5.41) is 12.9. The van der Waals surface area contributed by atoms with Crippen molar-refractivity contribution in [1.29, 1.82) is 0 Å². The molecule has 1 fully saturated rings. The fourth-order valence-electron chi connectivity index (χ4n) is 5.53. The van der Waals surface area contributed by atoms with E-state index in [0.717, 1.165) is 17.0 Å². The molecule has 0 bridgehead atoms. The van der Waals surface area contributed by atoms with Crippen LogP contribution in [0.25, 0.3) is 22.0 Å². The number of carboxylic acid groups (broad SMARTS) is 1. The number of rotatable bonds is 9. The molecule has 2 unspecified atom stereocenters. The summed E-state index contributed by atoms with van der Waals surface area (Å²) < 4.78 is 78.3. The van der Waals surface area contributed by atoms with E-state index in [0.29, 0.717) is 22.2 Å². The van der Waals surface area contributed by atoms with Crippen molar-refractivity contribution in [3.05, 3.63) is 102 Å². The fourth-order valence-corrected chi connectivity index (χ4v) is 6.77. The molecule has 0 aliphatic carbocycles. The Kier molecular flexibility index (Phi) is 9.04. The maximum atomic E-state index is 15.2. The maximum Gasteiger partial charge on any atom is 0.407 e. The van der Waals surface area contributed by atoms with Crippen molar-refractivity contribution in [2.75, 3.05) is 23.1 Å². The number of ether oxygens (including phenoxy) is 1. The molecule has 1 aliphatic rings. The Bertz CT molecular complexity index is 2120. The first-order chi connectivity index (χ1) is 23.0. The number of nitrogens with one attached hydrogen (secondary N) is 2. The molecule has 11 nitrogen and oxygen atoms in total. The Balaban J connectivity index is 1.30. The van der Waals surface area contributed by atoms with Gasteiger partial charge in [0.2, 0.25) is 21.9 Å². The van der Waals surface area contributed by atoms with Crippen LogP contribution in [0.4, 0.5) is 29.6 Å². The van der Waals surface area contributed by atoms with Crippen molar-refractivity contribution >= 4 is 38.5 Å². The van der Waals surface area contributed by atoms with Crippen LogP contribution in [0, 0.1) is 18.6 Å². The molecule has 3 heterocycles. The van der Waals surface area contributed by atoms with Crippen LogP contribution in [0.15, 0.2) is 79.1 Å². The summed E-state index contributed by atoms with van der Waals surface area (Å²) >= 11 is 0. The van der Waals surface area contributed by atoms with E-state index >= 15 is 4.39 Å². The van der Waals surface area contributed by atoms with Crippen molar-refractivity contribution in [1.82, 2.24) is 19.9 Å². The van der Waals surface area contributed by atoms with E-state index in [9.17, 15) is 27.1 Å². The summed E-state index contributed by atoms with van der Waals surface area (Å²) in [5.41, 5.74) is 1.09. The molecule has 6 rings (SSSR count). The zero-order valence-electron chi connectivity index (χ0n) is 25.4. The van der Waals surface area contributed by atoms with Gasteiger partial charge in [-0.1, -0.05) is 30.3 Å². The number of alkyl halides is 1. The highest BCUT2D eigenvalue weighted by Crippen LogP contribution is 2.40. The van der Waals surface area contributed by atoms with Gasteiger partial charge in [0.15, 0.2) is 0 Å². The highest BCUT2D eigenvalue weighted by atomic mass is 32.2. The summed E-state index contributed by atoms with van der Waals surface area (Å²) in [6, 6.07) is 15.6. The lowest BCUT2D eigenvalue weighted by atomic mass is 10.0. The average Bonchev–Trinajstić information content (AvgIpc) is 3.04. The van der Waals surface area contributed by atoms with E-state index in [4.69, 9.17) is 4.74 Å². The van der Waals surface area contributed by atoms with Gasteiger partial charge in [-0.2, -0.15) is 0 Å². The van der Waals surface area contributed by atoms with Crippen LogP contribution in [0.3, 0.4) is 0 Å². The van der Waals surface area contributed by atoms with Crippen LogP contribution in [0.1, 0.15) is 17.5 Å². The number of pyridine rings is 1. The molecular weight excluding hydrogens is 649 g/mol. The van der Waals surface area contributed by atoms with E-state index in [1.54, 1.807) is 37.3 Å². The summed E-state index contributed by atoms with van der Waals surface area (Å²) in [5.74, 6) is -1.68. The molecular formula is C33H29F3N6O5S. The summed E-state index contributed by atoms with van der Waals surface area (Å²) in [6.07, 6.45) is 0.521. The van der Waals surface area contributed by atoms with Gasteiger partial charge in [-0.25, -0.2) is 41.3 Å². The van der Waals surface area contributed by atoms with E-state index in [2.05, 4.69) is 25.0 Å². The number of hydrogen-bond acceptors (Lipinski definition) is 8. The molecule has 15 heteroatoms. The predicted octanol–water partition coefficient (Wildman–Crippen LogP) is 6.51. The number of anilines is 2. The molecule has 248 valence electrons. The Labute approximate surface area is 273 Å². The number of sulfonamides is 1. The van der Waals surface area contributed by atoms with Gasteiger partial charge in [0, 0.05) is 47.7 Å². The smallest absolute Gasteiger partial charge is 0.407 e. The van der Waals surface area contributed by atoms with Gasteiger partial charge >= 0.3 is 6.09 Å². The SMILES string of the molecule is Cc1ccc2c(NS(=O)(=O)Cc3ccccc3F)c(F)ccc2c1Oc1ncccc1-c1ccnc(NC2CC(F)CN(C(=O)O)C2)n1. The predicted molar refractivity (Wildman–Crippen MR) is 173 cm³/mol. The van der Waals surface area contributed by atoms with Gasteiger partial charge in [-0.15, -0.1) is 0 Å². The number of hydrogen-bond donors (Lipinski definition) is 3. The van der Waals surface area contributed by atoms with Gasteiger partial charge in [-0.05, 0) is 48.9 Å². The minimum atomic E-state index is -4.23. The zero-order chi connectivity index (χ0) is 34.0. The number of aromatic nitrogens is 3. The average molecular weight is 679 g/mol. The van der Waals surface area contributed by atoms with Gasteiger partial charge < -0.3 is 20.1 Å². The molecule has 3 N–H and O–H groups in total. The van der Waals surface area contributed by atoms with Gasteiger partial charge in [0.25, 0.3) is 0 Å². The molecule has 1 saturated heterocycles. The van der Waals surface area contributed by atoms with Gasteiger partial charge in [-0.3, -0.25) is 4.72 Å². The Morgan fingerprint density at radius 1 is 0.979 bits per heavy atom. The Hall–Kier alpha value is -5.44. The van der Waals surface area contributed by atoms with Crippen LogP contribution in [0.2, 0.25) is 0 Å². The Morgan fingerprint density at radius 2 is 1.77 bits per heavy atom. The third-order valence-electron chi connectivity index (χ3n) is 7.76. The highest BCUT2D eigenvalue weighted by Gasteiger charge is 2.30. The first-order valence-corrected chi connectivity index (χ1v) is 16.4. The number of halogens is 3. The fraction of sp³-hybridized carbons (Fsp3) is 0.212. The number of likely N-dealkylation sites (tertiary alicyclic amines) is 1. The largest absolute Gasteiger partial charge is 0.465 e. The maximum absolute atomic E-state index is 15.2. The van der Waals surface area contributed by atoms with Crippen LogP contribution in [0.5, 0.6) is 11.6 Å². The summed E-state index contributed by atoms with van der Waals surface area (Å²) in [7, 11) is -4.23. The van der Waals surface area contributed by atoms with E-state index in [1.165, 1.54) is 36.7 Å². The first-order valence-electron chi connectivity index (χ1n) is 14.8. The van der Waals surface area contributed by atoms with Crippen molar-refractivity contribution < 1.29 is 36.2 Å². The number of nitrogens with zero attached hydrogens (tertiary/aromatic N) is 4. The minimum Gasteiger partial charge on any atom is -0.465 e. The molecule has 0 radical (unpaired) electrons. The Morgan fingerprint density at radius 3 is 2.56 bits per heavy atom.